The first-order valence-corrected chi connectivity index (χ1v) is 17.5. The molecule has 16 heteroatoms. The summed E-state index contributed by atoms with van der Waals surface area (Å²) in [6, 6.07) is -1.27. The number of methoxy groups -OCH3 is 1. The summed E-state index contributed by atoms with van der Waals surface area (Å²) in [5, 5.41) is 65.7. The zero-order valence-electron chi connectivity index (χ0n) is 28.7. The Kier molecular flexibility index (Phi) is 14.6. The standard InChI is InChI=1S/C33H55NO15/c1-5-18-12-19(31(43)44-4)13-20(28(18)49-33-27(40)26(39)24(37)15(2)45-33)47-32-23(34-16(3)36)29(25(38)22(14-35)48-32)46-21(30(41)42)11-17-9-7-6-8-10-17/h15,17-29,32-33,35,37-40H,5-14H2,1-4H3,(H,34,36)(H,41,42)/t15-,18?,19?,20+,21-,22-,23?,24?,25-,26-,27-,28+,29?,32+,33?/m0/s1. The summed E-state index contributed by atoms with van der Waals surface area (Å²) >= 11 is 0. The van der Waals surface area contributed by atoms with E-state index < -0.39 is 110 Å². The molecule has 4 rings (SSSR count). The number of aliphatic hydroxyl groups excluding tert-OH is 5. The maximum absolute atomic E-state index is 12.8. The van der Waals surface area contributed by atoms with E-state index in [0.717, 1.165) is 32.1 Å². The first-order valence-electron chi connectivity index (χ1n) is 17.5. The number of esters is 1. The predicted octanol–water partition coefficient (Wildman–Crippen LogP) is -0.415. The summed E-state index contributed by atoms with van der Waals surface area (Å²) < 4.78 is 35.6. The number of carboxylic acids is 1. The van der Waals surface area contributed by atoms with Crippen molar-refractivity contribution in [3.63, 3.8) is 0 Å². The van der Waals surface area contributed by atoms with Crippen molar-refractivity contribution in [2.24, 2.45) is 17.8 Å². The summed E-state index contributed by atoms with van der Waals surface area (Å²) in [5.74, 6) is -3.20. The number of hydrogen-bond acceptors (Lipinski definition) is 14. The van der Waals surface area contributed by atoms with E-state index >= 15 is 0 Å². The molecule has 16 nitrogen and oxygen atoms in total. The van der Waals surface area contributed by atoms with Gasteiger partial charge in [0.25, 0.3) is 0 Å². The van der Waals surface area contributed by atoms with Crippen molar-refractivity contribution in [1.29, 1.82) is 0 Å². The van der Waals surface area contributed by atoms with Crippen LogP contribution in [0.25, 0.3) is 0 Å². The molecule has 4 aliphatic rings. The Morgan fingerprint density at radius 1 is 0.898 bits per heavy atom. The Hall–Kier alpha value is -1.99. The lowest BCUT2D eigenvalue weighted by atomic mass is 9.76. The van der Waals surface area contributed by atoms with Gasteiger partial charge in [-0.1, -0.05) is 45.4 Å². The minimum atomic E-state index is -1.62. The molecule has 0 radical (unpaired) electrons. The third-order valence-electron chi connectivity index (χ3n) is 10.5. The van der Waals surface area contributed by atoms with Crippen LogP contribution in [0.5, 0.6) is 0 Å². The third-order valence-corrected chi connectivity index (χ3v) is 10.5. The maximum Gasteiger partial charge on any atom is 0.332 e. The van der Waals surface area contributed by atoms with Crippen molar-refractivity contribution in [2.45, 2.75) is 158 Å². The van der Waals surface area contributed by atoms with Gasteiger partial charge in [-0.15, -0.1) is 0 Å². The number of amides is 1. The molecule has 282 valence electrons. The quantitative estimate of drug-likeness (QED) is 0.121. The summed E-state index contributed by atoms with van der Waals surface area (Å²) in [7, 11) is 1.26. The van der Waals surface area contributed by atoms with Gasteiger partial charge in [0, 0.05) is 6.92 Å². The number of rotatable bonds is 13. The van der Waals surface area contributed by atoms with Crippen LogP contribution >= 0.6 is 0 Å². The van der Waals surface area contributed by atoms with Crippen LogP contribution in [0.1, 0.15) is 78.6 Å². The number of aliphatic carboxylic acids is 1. The molecule has 2 aliphatic heterocycles. The van der Waals surface area contributed by atoms with E-state index in [2.05, 4.69) is 5.32 Å². The average Bonchev–Trinajstić information content (AvgIpc) is 3.08. The molecule has 0 spiro atoms. The molecule has 15 atom stereocenters. The summed E-state index contributed by atoms with van der Waals surface area (Å²) in [6.07, 6.45) is -9.97. The first kappa shape index (κ1) is 39.8. The molecule has 2 heterocycles. The molecule has 2 aliphatic carbocycles. The second-order valence-corrected chi connectivity index (χ2v) is 13.9. The largest absolute Gasteiger partial charge is 0.479 e. The lowest BCUT2D eigenvalue weighted by molar-refractivity contribution is -0.338. The molecule has 2 saturated carbocycles. The summed E-state index contributed by atoms with van der Waals surface area (Å²) in [4.78, 5) is 37.8. The van der Waals surface area contributed by atoms with Crippen LogP contribution < -0.4 is 5.32 Å². The van der Waals surface area contributed by atoms with Crippen molar-refractivity contribution < 1.29 is 73.4 Å². The monoisotopic (exact) mass is 705 g/mol. The highest BCUT2D eigenvalue weighted by atomic mass is 16.7. The number of carbonyl (C=O) groups is 3. The van der Waals surface area contributed by atoms with Gasteiger partial charge in [0.05, 0.1) is 37.9 Å². The van der Waals surface area contributed by atoms with Crippen LogP contribution in [0, 0.1) is 17.8 Å². The van der Waals surface area contributed by atoms with Gasteiger partial charge in [0.2, 0.25) is 5.91 Å². The minimum Gasteiger partial charge on any atom is -0.479 e. The predicted molar refractivity (Wildman–Crippen MR) is 167 cm³/mol. The molecule has 4 fully saturated rings. The van der Waals surface area contributed by atoms with Gasteiger partial charge >= 0.3 is 11.9 Å². The van der Waals surface area contributed by atoms with Crippen LogP contribution in [0.15, 0.2) is 0 Å². The average molecular weight is 706 g/mol. The van der Waals surface area contributed by atoms with Crippen LogP contribution in [-0.4, -0.2) is 142 Å². The normalized spacial score (nSPS) is 41.1. The molecule has 0 aromatic heterocycles. The Bertz CT molecular complexity index is 1090. The maximum atomic E-state index is 12.8. The zero-order valence-corrected chi connectivity index (χ0v) is 28.7. The molecule has 49 heavy (non-hydrogen) atoms. The first-order chi connectivity index (χ1) is 23.3. The van der Waals surface area contributed by atoms with Gasteiger partial charge in [-0.05, 0) is 38.0 Å². The Balaban J connectivity index is 1.65. The van der Waals surface area contributed by atoms with E-state index in [1.54, 1.807) is 0 Å². The van der Waals surface area contributed by atoms with Crippen molar-refractivity contribution in [3.8, 4) is 0 Å². The second kappa shape index (κ2) is 18.0. The number of nitrogens with one attached hydrogen (secondary N) is 1. The van der Waals surface area contributed by atoms with E-state index in [4.69, 9.17) is 28.4 Å². The van der Waals surface area contributed by atoms with Crippen molar-refractivity contribution >= 4 is 17.8 Å². The van der Waals surface area contributed by atoms with Crippen LogP contribution in [0.4, 0.5) is 0 Å². The number of aliphatic hydroxyl groups is 5. The van der Waals surface area contributed by atoms with Crippen molar-refractivity contribution in [1.82, 2.24) is 5.32 Å². The molecular weight excluding hydrogens is 650 g/mol. The van der Waals surface area contributed by atoms with Crippen LogP contribution in [0.2, 0.25) is 0 Å². The van der Waals surface area contributed by atoms with E-state index in [1.807, 2.05) is 6.92 Å². The SMILES string of the molecule is CCC1CC(C(=O)OC)C[C@@H](O[C@@H]2O[C@@H](CO)[C@H](O)C(O[C@@H](CC3CCCCC3)C(=O)O)C2NC(C)=O)[C@@H]1OC1O[C@@H](C)C(O)[C@H](O)[C@@H]1O. The van der Waals surface area contributed by atoms with E-state index in [-0.39, 0.29) is 24.7 Å². The van der Waals surface area contributed by atoms with Crippen LogP contribution in [0.3, 0.4) is 0 Å². The summed E-state index contributed by atoms with van der Waals surface area (Å²) in [5.41, 5.74) is 0. The van der Waals surface area contributed by atoms with E-state index in [9.17, 15) is 45.0 Å². The highest BCUT2D eigenvalue weighted by molar-refractivity contribution is 5.74. The van der Waals surface area contributed by atoms with Gasteiger partial charge in [-0.25, -0.2) is 4.79 Å². The molecule has 0 aromatic carbocycles. The van der Waals surface area contributed by atoms with E-state index in [1.165, 1.54) is 21.0 Å². The lowest BCUT2D eigenvalue weighted by Crippen LogP contribution is -2.67. The molecule has 7 N–H and O–H groups in total. The fraction of sp³-hybridized carbons (Fsp3) is 0.909. The Labute approximate surface area is 286 Å². The van der Waals surface area contributed by atoms with E-state index in [0.29, 0.717) is 12.8 Å². The van der Waals surface area contributed by atoms with Gasteiger partial charge in [-0.2, -0.15) is 0 Å². The molecular formula is C33H55NO15. The molecule has 1 amide bonds. The number of carboxylic acid groups (broad SMARTS) is 1. The molecule has 2 saturated heterocycles. The van der Waals surface area contributed by atoms with Gasteiger partial charge in [-0.3, -0.25) is 9.59 Å². The fourth-order valence-corrected chi connectivity index (χ4v) is 7.72. The lowest BCUT2D eigenvalue weighted by Gasteiger charge is -2.49. The van der Waals surface area contributed by atoms with Gasteiger partial charge in [0.15, 0.2) is 18.7 Å². The Morgan fingerprint density at radius 2 is 1.59 bits per heavy atom. The van der Waals surface area contributed by atoms with Gasteiger partial charge < -0.3 is 64.4 Å². The van der Waals surface area contributed by atoms with Crippen molar-refractivity contribution in [2.75, 3.05) is 13.7 Å². The number of carbonyl (C=O) groups excluding carboxylic acids is 2. The smallest absolute Gasteiger partial charge is 0.332 e. The molecule has 6 unspecified atom stereocenters. The van der Waals surface area contributed by atoms with Crippen LogP contribution in [-0.2, 0) is 42.8 Å². The molecule has 0 bridgehead atoms. The Morgan fingerprint density at radius 3 is 2.18 bits per heavy atom. The summed E-state index contributed by atoms with van der Waals surface area (Å²) in [6.45, 7) is 3.92. The van der Waals surface area contributed by atoms with Crippen molar-refractivity contribution in [3.05, 3.63) is 0 Å². The van der Waals surface area contributed by atoms with Gasteiger partial charge in [0.1, 0.15) is 42.7 Å². The highest BCUT2D eigenvalue weighted by Gasteiger charge is 2.53. The fourth-order valence-electron chi connectivity index (χ4n) is 7.72. The number of ether oxygens (including phenoxy) is 6. The minimum absolute atomic E-state index is 0.0291. The highest BCUT2D eigenvalue weighted by Crippen LogP contribution is 2.40. The molecule has 0 aromatic rings. The topological polar surface area (TPSA) is 240 Å². The zero-order chi connectivity index (χ0) is 36.0. The third kappa shape index (κ3) is 9.67. The second-order valence-electron chi connectivity index (χ2n) is 13.9. The number of hydrogen-bond donors (Lipinski definition) is 7.